The van der Waals surface area contributed by atoms with Crippen molar-refractivity contribution in [3.05, 3.63) is 0 Å². The molecule has 2 unspecified atom stereocenters. The Labute approximate surface area is 98.4 Å². The molecule has 0 aromatic rings. The van der Waals surface area contributed by atoms with E-state index >= 15 is 0 Å². The number of ether oxygens (including phenoxy) is 1. The maximum atomic E-state index is 9.97. The zero-order valence-corrected chi connectivity index (χ0v) is 10.4. The second-order valence-corrected chi connectivity index (χ2v) is 5.93. The van der Waals surface area contributed by atoms with Crippen molar-refractivity contribution in [2.24, 2.45) is 5.73 Å². The van der Waals surface area contributed by atoms with Gasteiger partial charge >= 0.3 is 0 Å². The van der Waals surface area contributed by atoms with E-state index in [9.17, 15) is 5.11 Å². The van der Waals surface area contributed by atoms with Crippen LogP contribution in [0.1, 0.15) is 58.3 Å². The second-order valence-electron chi connectivity index (χ2n) is 5.93. The Bertz CT molecular complexity index is 234. The maximum absolute atomic E-state index is 9.97. The fourth-order valence-corrected chi connectivity index (χ4v) is 3.18. The topological polar surface area (TPSA) is 55.5 Å². The van der Waals surface area contributed by atoms with Crippen LogP contribution in [0.3, 0.4) is 0 Å². The van der Waals surface area contributed by atoms with E-state index in [0.29, 0.717) is 13.0 Å². The van der Waals surface area contributed by atoms with Crippen molar-refractivity contribution in [2.75, 3.05) is 6.54 Å². The predicted octanol–water partition coefficient (Wildman–Crippen LogP) is 1.97. The summed E-state index contributed by atoms with van der Waals surface area (Å²) in [5, 5.41) is 9.97. The highest BCUT2D eigenvalue weighted by Crippen LogP contribution is 2.43. The van der Waals surface area contributed by atoms with Gasteiger partial charge in [0.15, 0.2) is 0 Å². The summed E-state index contributed by atoms with van der Waals surface area (Å²) in [6.07, 6.45) is 9.58. The van der Waals surface area contributed by atoms with Crippen LogP contribution >= 0.6 is 0 Å². The minimum atomic E-state index is -0.759. The van der Waals surface area contributed by atoms with Gasteiger partial charge in [0.1, 0.15) is 0 Å². The highest BCUT2D eigenvalue weighted by molar-refractivity contribution is 4.93. The minimum absolute atomic E-state index is 0.160. The molecule has 1 aliphatic heterocycles. The number of rotatable bonds is 3. The van der Waals surface area contributed by atoms with Crippen LogP contribution in [0.25, 0.3) is 0 Å². The first kappa shape index (κ1) is 12.3. The molecule has 1 spiro atoms. The Hall–Kier alpha value is -0.120. The van der Waals surface area contributed by atoms with Crippen molar-refractivity contribution in [3.8, 4) is 0 Å². The minimum Gasteiger partial charge on any atom is -0.389 e. The molecule has 1 heterocycles. The summed E-state index contributed by atoms with van der Waals surface area (Å²) < 4.78 is 6.21. The second kappa shape index (κ2) is 4.63. The lowest BCUT2D eigenvalue weighted by atomic mass is 9.83. The van der Waals surface area contributed by atoms with E-state index in [0.717, 1.165) is 6.42 Å². The van der Waals surface area contributed by atoms with Crippen LogP contribution < -0.4 is 5.73 Å². The Balaban J connectivity index is 1.87. The monoisotopic (exact) mass is 227 g/mol. The third-order valence-electron chi connectivity index (χ3n) is 4.21. The maximum Gasteiger partial charge on any atom is 0.0766 e. The molecular formula is C13H25NO2. The van der Waals surface area contributed by atoms with E-state index in [1.807, 2.05) is 6.92 Å². The highest BCUT2D eigenvalue weighted by Gasteiger charge is 2.42. The average Bonchev–Trinajstić information content (AvgIpc) is 2.62. The van der Waals surface area contributed by atoms with E-state index in [1.165, 1.54) is 38.5 Å². The van der Waals surface area contributed by atoms with E-state index in [4.69, 9.17) is 10.5 Å². The molecule has 3 heteroatoms. The van der Waals surface area contributed by atoms with Crippen molar-refractivity contribution in [3.63, 3.8) is 0 Å². The van der Waals surface area contributed by atoms with Crippen LogP contribution in [0, 0.1) is 0 Å². The lowest BCUT2D eigenvalue weighted by Gasteiger charge is -2.34. The number of aliphatic hydroxyl groups is 1. The van der Waals surface area contributed by atoms with Crippen LogP contribution in [0.4, 0.5) is 0 Å². The summed E-state index contributed by atoms with van der Waals surface area (Å²) >= 11 is 0. The average molecular weight is 227 g/mol. The Morgan fingerprint density at radius 3 is 2.62 bits per heavy atom. The summed E-state index contributed by atoms with van der Waals surface area (Å²) in [5.74, 6) is 0. The van der Waals surface area contributed by atoms with Gasteiger partial charge in [0.2, 0.25) is 0 Å². The standard InChI is InChI=1S/C13H25NO2/c1-12(15,10-14)9-11-5-8-13(16-11)6-3-2-4-7-13/h11,15H,2-10,14H2,1H3. The van der Waals surface area contributed by atoms with E-state index in [2.05, 4.69) is 0 Å². The van der Waals surface area contributed by atoms with Gasteiger partial charge in [-0.1, -0.05) is 19.3 Å². The van der Waals surface area contributed by atoms with Gasteiger partial charge in [0, 0.05) is 13.0 Å². The van der Waals surface area contributed by atoms with Crippen molar-refractivity contribution >= 4 is 0 Å². The molecule has 2 atom stereocenters. The fourth-order valence-electron chi connectivity index (χ4n) is 3.18. The zero-order valence-electron chi connectivity index (χ0n) is 10.4. The summed E-state index contributed by atoms with van der Waals surface area (Å²) in [6, 6.07) is 0. The van der Waals surface area contributed by atoms with Gasteiger partial charge in [-0.3, -0.25) is 0 Å². The van der Waals surface area contributed by atoms with E-state index in [1.54, 1.807) is 0 Å². The molecule has 3 N–H and O–H groups in total. The Morgan fingerprint density at radius 2 is 2.00 bits per heavy atom. The van der Waals surface area contributed by atoms with Gasteiger partial charge in [-0.15, -0.1) is 0 Å². The molecule has 0 aromatic heterocycles. The lowest BCUT2D eigenvalue weighted by molar-refractivity contribution is -0.0877. The Morgan fingerprint density at radius 1 is 1.31 bits per heavy atom. The molecule has 2 rings (SSSR count). The zero-order chi connectivity index (χ0) is 11.6. The SMILES string of the molecule is CC(O)(CN)CC1CCC2(CCCCC2)O1. The summed E-state index contributed by atoms with van der Waals surface area (Å²) in [6.45, 7) is 2.13. The first-order valence-electron chi connectivity index (χ1n) is 6.66. The van der Waals surface area contributed by atoms with Crippen LogP contribution in [0.5, 0.6) is 0 Å². The molecule has 2 aliphatic rings. The van der Waals surface area contributed by atoms with Gasteiger partial charge in [-0.2, -0.15) is 0 Å². The number of hydrogen-bond donors (Lipinski definition) is 2. The predicted molar refractivity (Wildman–Crippen MR) is 64.2 cm³/mol. The first-order chi connectivity index (χ1) is 7.55. The number of nitrogens with two attached hydrogens (primary N) is 1. The summed E-state index contributed by atoms with van der Waals surface area (Å²) in [5.41, 5.74) is 4.95. The van der Waals surface area contributed by atoms with E-state index < -0.39 is 5.60 Å². The normalized spacial score (nSPS) is 32.8. The van der Waals surface area contributed by atoms with Gasteiger partial charge in [0.25, 0.3) is 0 Å². The molecule has 2 fully saturated rings. The van der Waals surface area contributed by atoms with Crippen LogP contribution in [0.2, 0.25) is 0 Å². The van der Waals surface area contributed by atoms with E-state index in [-0.39, 0.29) is 11.7 Å². The molecule has 1 saturated carbocycles. The molecule has 1 aliphatic carbocycles. The van der Waals surface area contributed by atoms with Crippen LogP contribution in [-0.2, 0) is 4.74 Å². The van der Waals surface area contributed by atoms with Crippen LogP contribution in [0.15, 0.2) is 0 Å². The largest absolute Gasteiger partial charge is 0.389 e. The molecule has 0 amide bonds. The highest BCUT2D eigenvalue weighted by atomic mass is 16.5. The van der Waals surface area contributed by atoms with Gasteiger partial charge in [-0.25, -0.2) is 0 Å². The van der Waals surface area contributed by atoms with Crippen LogP contribution in [-0.4, -0.2) is 29.0 Å². The summed E-state index contributed by atoms with van der Waals surface area (Å²) in [4.78, 5) is 0. The molecule has 1 saturated heterocycles. The first-order valence-corrected chi connectivity index (χ1v) is 6.66. The molecular weight excluding hydrogens is 202 g/mol. The third-order valence-corrected chi connectivity index (χ3v) is 4.21. The van der Waals surface area contributed by atoms with Gasteiger partial charge in [0.05, 0.1) is 17.3 Å². The van der Waals surface area contributed by atoms with Crippen molar-refractivity contribution in [2.45, 2.75) is 75.6 Å². The smallest absolute Gasteiger partial charge is 0.0766 e. The molecule has 0 radical (unpaired) electrons. The molecule has 0 aromatic carbocycles. The molecule has 3 nitrogen and oxygen atoms in total. The Kier molecular flexibility index (Phi) is 3.57. The lowest BCUT2D eigenvalue weighted by Crippen LogP contribution is -2.39. The quantitative estimate of drug-likeness (QED) is 0.775. The van der Waals surface area contributed by atoms with Gasteiger partial charge in [-0.05, 0) is 32.6 Å². The molecule has 16 heavy (non-hydrogen) atoms. The fraction of sp³-hybridized carbons (Fsp3) is 1.00. The molecule has 0 bridgehead atoms. The molecule has 94 valence electrons. The van der Waals surface area contributed by atoms with Crippen molar-refractivity contribution in [1.82, 2.24) is 0 Å². The number of hydrogen-bond acceptors (Lipinski definition) is 3. The van der Waals surface area contributed by atoms with Gasteiger partial charge < -0.3 is 15.6 Å². The summed E-state index contributed by atoms with van der Waals surface area (Å²) in [7, 11) is 0. The van der Waals surface area contributed by atoms with Crippen molar-refractivity contribution < 1.29 is 9.84 Å². The third kappa shape index (κ3) is 2.76. The van der Waals surface area contributed by atoms with Crippen molar-refractivity contribution in [1.29, 1.82) is 0 Å².